The van der Waals surface area contributed by atoms with Crippen LogP contribution in [-0.2, 0) is 4.79 Å². The monoisotopic (exact) mass is 233 g/mol. The molecular weight excluding hydrogens is 210 g/mol. The standard InChI is InChI=1S/C15H23NO/c1-16(2)14(17)13-8-15(13)11-4-9-3-10(6-11)7-12(15)5-9/h9-13H,3-8H2,1-2H3. The van der Waals surface area contributed by atoms with Crippen molar-refractivity contribution in [2.75, 3.05) is 14.1 Å². The normalized spacial score (nSPS) is 54.1. The summed E-state index contributed by atoms with van der Waals surface area (Å²) in [6.07, 6.45) is 8.52. The highest BCUT2D eigenvalue weighted by atomic mass is 16.2. The molecule has 2 nitrogen and oxygen atoms in total. The van der Waals surface area contributed by atoms with Crippen LogP contribution in [0.5, 0.6) is 0 Å². The number of amides is 1. The lowest BCUT2D eigenvalue weighted by Crippen LogP contribution is -2.48. The predicted molar refractivity (Wildman–Crippen MR) is 66.3 cm³/mol. The van der Waals surface area contributed by atoms with E-state index >= 15 is 0 Å². The maximum absolute atomic E-state index is 12.2. The van der Waals surface area contributed by atoms with E-state index in [-0.39, 0.29) is 0 Å². The Labute approximate surface area is 104 Å². The third kappa shape index (κ3) is 1.19. The summed E-state index contributed by atoms with van der Waals surface area (Å²) in [5.41, 5.74) is 0.481. The molecule has 0 aromatic rings. The lowest BCUT2D eigenvalue weighted by Gasteiger charge is -2.55. The molecule has 5 rings (SSSR count). The van der Waals surface area contributed by atoms with E-state index in [0.29, 0.717) is 17.2 Å². The SMILES string of the molecule is CN(C)C(=O)C1CC12C1CC3CC(C1)CC2C3. The van der Waals surface area contributed by atoms with Gasteiger partial charge in [0.15, 0.2) is 0 Å². The van der Waals surface area contributed by atoms with Crippen molar-refractivity contribution in [2.24, 2.45) is 35.0 Å². The third-order valence-corrected chi connectivity index (χ3v) is 6.44. The summed E-state index contributed by atoms with van der Waals surface area (Å²) in [5, 5.41) is 0. The second-order valence-corrected chi connectivity index (χ2v) is 7.41. The van der Waals surface area contributed by atoms with Crippen molar-refractivity contribution in [3.05, 3.63) is 0 Å². The summed E-state index contributed by atoms with van der Waals surface area (Å²) < 4.78 is 0. The van der Waals surface area contributed by atoms with Crippen molar-refractivity contribution in [3.63, 3.8) is 0 Å². The second kappa shape index (κ2) is 3.07. The van der Waals surface area contributed by atoms with Crippen molar-refractivity contribution >= 4 is 5.91 Å². The predicted octanol–water partition coefficient (Wildman–Crippen LogP) is 2.54. The van der Waals surface area contributed by atoms with E-state index in [2.05, 4.69) is 0 Å². The van der Waals surface area contributed by atoms with E-state index in [4.69, 9.17) is 0 Å². The Bertz CT molecular complexity index is 345. The van der Waals surface area contributed by atoms with Crippen LogP contribution in [0.1, 0.15) is 38.5 Å². The van der Waals surface area contributed by atoms with Gasteiger partial charge in [0, 0.05) is 20.0 Å². The van der Waals surface area contributed by atoms with Crippen molar-refractivity contribution in [3.8, 4) is 0 Å². The van der Waals surface area contributed by atoms with Gasteiger partial charge in [-0.1, -0.05) is 0 Å². The largest absolute Gasteiger partial charge is 0.349 e. The number of carbonyl (C=O) groups excluding carboxylic acids is 1. The lowest BCUT2D eigenvalue weighted by atomic mass is 9.49. The van der Waals surface area contributed by atoms with Gasteiger partial charge in [-0.2, -0.15) is 0 Å². The number of rotatable bonds is 1. The van der Waals surface area contributed by atoms with Gasteiger partial charge in [-0.05, 0) is 67.6 Å². The minimum Gasteiger partial charge on any atom is -0.349 e. The molecule has 1 atom stereocenters. The first-order valence-electron chi connectivity index (χ1n) is 7.32. The fourth-order valence-corrected chi connectivity index (χ4v) is 5.89. The van der Waals surface area contributed by atoms with Crippen molar-refractivity contribution < 1.29 is 4.79 Å². The fraction of sp³-hybridized carbons (Fsp3) is 0.933. The highest BCUT2D eigenvalue weighted by molar-refractivity contribution is 5.82. The maximum Gasteiger partial charge on any atom is 0.225 e. The Morgan fingerprint density at radius 2 is 1.53 bits per heavy atom. The van der Waals surface area contributed by atoms with E-state index in [1.54, 1.807) is 0 Å². The molecule has 0 saturated heterocycles. The first-order valence-corrected chi connectivity index (χ1v) is 7.32. The average molecular weight is 233 g/mol. The lowest BCUT2D eigenvalue weighted by molar-refractivity contribution is -0.134. The van der Waals surface area contributed by atoms with Crippen molar-refractivity contribution in [1.29, 1.82) is 0 Å². The van der Waals surface area contributed by atoms with Crippen LogP contribution in [0.25, 0.3) is 0 Å². The van der Waals surface area contributed by atoms with Crippen LogP contribution in [0.15, 0.2) is 0 Å². The fourth-order valence-electron chi connectivity index (χ4n) is 5.89. The van der Waals surface area contributed by atoms with Crippen LogP contribution >= 0.6 is 0 Å². The number of carbonyl (C=O) groups is 1. The summed E-state index contributed by atoms with van der Waals surface area (Å²) in [5.74, 6) is 4.68. The molecule has 0 aromatic heterocycles. The Morgan fingerprint density at radius 3 is 2.00 bits per heavy atom. The van der Waals surface area contributed by atoms with Crippen LogP contribution < -0.4 is 0 Å². The molecule has 0 radical (unpaired) electrons. The van der Waals surface area contributed by atoms with Gasteiger partial charge in [0.05, 0.1) is 0 Å². The first kappa shape index (κ1) is 10.4. The molecule has 94 valence electrons. The Morgan fingerprint density at radius 1 is 1.00 bits per heavy atom. The van der Waals surface area contributed by atoms with Gasteiger partial charge in [0.2, 0.25) is 5.91 Å². The van der Waals surface area contributed by atoms with E-state index in [0.717, 1.165) is 23.7 Å². The van der Waals surface area contributed by atoms with Gasteiger partial charge < -0.3 is 4.90 Å². The highest BCUT2D eigenvalue weighted by Crippen LogP contribution is 2.75. The van der Waals surface area contributed by atoms with Crippen LogP contribution in [0.3, 0.4) is 0 Å². The Kier molecular flexibility index (Phi) is 1.88. The second-order valence-electron chi connectivity index (χ2n) is 7.41. The summed E-state index contributed by atoms with van der Waals surface area (Å²) in [4.78, 5) is 14.1. The maximum atomic E-state index is 12.2. The van der Waals surface area contributed by atoms with Crippen LogP contribution in [0.4, 0.5) is 0 Å². The summed E-state index contributed by atoms with van der Waals surface area (Å²) in [7, 11) is 3.84. The van der Waals surface area contributed by atoms with Crippen molar-refractivity contribution in [1.82, 2.24) is 4.90 Å². The van der Waals surface area contributed by atoms with Crippen LogP contribution in [0.2, 0.25) is 0 Å². The Hall–Kier alpha value is -0.530. The number of hydrogen-bond donors (Lipinski definition) is 0. The van der Waals surface area contributed by atoms with Crippen LogP contribution in [0, 0.1) is 35.0 Å². The molecule has 0 aliphatic heterocycles. The molecule has 2 heteroatoms. The first-order chi connectivity index (χ1) is 8.11. The number of hydrogen-bond acceptors (Lipinski definition) is 1. The minimum absolute atomic E-state index is 0.396. The van der Waals surface area contributed by atoms with E-state index in [1.807, 2.05) is 19.0 Å². The molecule has 5 aliphatic carbocycles. The van der Waals surface area contributed by atoms with Crippen molar-refractivity contribution in [2.45, 2.75) is 38.5 Å². The van der Waals surface area contributed by atoms with E-state index in [9.17, 15) is 4.79 Å². The van der Waals surface area contributed by atoms with Gasteiger partial charge in [-0.15, -0.1) is 0 Å². The molecule has 0 heterocycles. The molecule has 4 bridgehead atoms. The van der Waals surface area contributed by atoms with Gasteiger partial charge >= 0.3 is 0 Å². The molecule has 5 saturated carbocycles. The molecule has 0 N–H and O–H groups in total. The van der Waals surface area contributed by atoms with Gasteiger partial charge in [-0.3, -0.25) is 4.79 Å². The smallest absolute Gasteiger partial charge is 0.225 e. The molecule has 17 heavy (non-hydrogen) atoms. The molecule has 1 spiro atoms. The third-order valence-electron chi connectivity index (χ3n) is 6.44. The topological polar surface area (TPSA) is 20.3 Å². The van der Waals surface area contributed by atoms with Gasteiger partial charge in [-0.25, -0.2) is 0 Å². The summed E-state index contributed by atoms with van der Waals surface area (Å²) >= 11 is 0. The zero-order valence-corrected chi connectivity index (χ0v) is 11.0. The summed E-state index contributed by atoms with van der Waals surface area (Å²) in [6, 6.07) is 0. The molecular formula is C15H23NO. The molecule has 0 aromatic carbocycles. The zero-order chi connectivity index (χ0) is 11.8. The Balaban J connectivity index is 1.62. The highest BCUT2D eigenvalue weighted by Gasteiger charge is 2.70. The molecule has 5 fully saturated rings. The van der Waals surface area contributed by atoms with E-state index < -0.39 is 0 Å². The molecule has 1 unspecified atom stereocenters. The number of nitrogens with zero attached hydrogens (tertiary/aromatic N) is 1. The molecule has 5 aliphatic rings. The quantitative estimate of drug-likeness (QED) is 0.681. The van der Waals surface area contributed by atoms with Gasteiger partial charge in [0.25, 0.3) is 0 Å². The van der Waals surface area contributed by atoms with Gasteiger partial charge in [0.1, 0.15) is 0 Å². The minimum atomic E-state index is 0.396. The summed E-state index contributed by atoms with van der Waals surface area (Å²) in [6.45, 7) is 0. The average Bonchev–Trinajstić information content (AvgIpc) is 3.00. The zero-order valence-electron chi connectivity index (χ0n) is 11.0. The van der Waals surface area contributed by atoms with Crippen LogP contribution in [-0.4, -0.2) is 24.9 Å². The molecule has 1 amide bonds. The van der Waals surface area contributed by atoms with E-state index in [1.165, 1.54) is 38.5 Å².